The Bertz CT molecular complexity index is 464. The highest BCUT2D eigenvalue weighted by Gasteiger charge is 2.03. The molecular formula is C10H14N6. The van der Waals surface area contributed by atoms with E-state index in [2.05, 4.69) is 27.0 Å². The monoisotopic (exact) mass is 218 g/mol. The van der Waals surface area contributed by atoms with E-state index in [-0.39, 0.29) is 0 Å². The number of nitrogens with zero attached hydrogens (tertiary/aromatic N) is 5. The molecule has 84 valence electrons. The molecule has 2 heterocycles. The molecule has 0 aliphatic rings. The summed E-state index contributed by atoms with van der Waals surface area (Å²) in [5.74, 6) is 1.33. The van der Waals surface area contributed by atoms with Crippen molar-refractivity contribution in [1.82, 2.24) is 24.7 Å². The van der Waals surface area contributed by atoms with Crippen molar-refractivity contribution in [2.24, 2.45) is 5.73 Å². The second-order valence-electron chi connectivity index (χ2n) is 3.43. The zero-order valence-corrected chi connectivity index (χ0v) is 9.17. The maximum absolute atomic E-state index is 5.45. The fourth-order valence-corrected chi connectivity index (χ4v) is 1.41. The Hall–Kier alpha value is -1.82. The van der Waals surface area contributed by atoms with Crippen LogP contribution < -0.4 is 5.73 Å². The number of hydrogen-bond donors (Lipinski definition) is 1. The quantitative estimate of drug-likeness (QED) is 0.806. The van der Waals surface area contributed by atoms with E-state index < -0.39 is 0 Å². The second kappa shape index (κ2) is 4.80. The maximum Gasteiger partial charge on any atom is 0.164 e. The summed E-state index contributed by atoms with van der Waals surface area (Å²) in [5.41, 5.74) is 6.46. The van der Waals surface area contributed by atoms with Crippen LogP contribution in [0.25, 0.3) is 5.82 Å². The molecule has 6 nitrogen and oxygen atoms in total. The van der Waals surface area contributed by atoms with Crippen LogP contribution in [0, 0.1) is 0 Å². The molecule has 2 aromatic rings. The molecule has 0 spiro atoms. The Labute approximate surface area is 93.6 Å². The Balaban J connectivity index is 2.28. The lowest BCUT2D eigenvalue weighted by Crippen LogP contribution is -2.03. The van der Waals surface area contributed by atoms with E-state index in [0.29, 0.717) is 12.4 Å². The first-order valence-corrected chi connectivity index (χ1v) is 5.25. The Morgan fingerprint density at radius 1 is 1.31 bits per heavy atom. The second-order valence-corrected chi connectivity index (χ2v) is 3.43. The van der Waals surface area contributed by atoms with Gasteiger partial charge in [-0.3, -0.25) is 0 Å². The lowest BCUT2D eigenvalue weighted by Gasteiger charge is -2.01. The lowest BCUT2D eigenvalue weighted by atomic mass is 10.2. The van der Waals surface area contributed by atoms with E-state index in [4.69, 9.17) is 5.73 Å². The molecule has 16 heavy (non-hydrogen) atoms. The minimum atomic E-state index is 0.333. The highest BCUT2D eigenvalue weighted by molar-refractivity contribution is 5.21. The number of aryl methyl sites for hydroxylation is 1. The van der Waals surface area contributed by atoms with Gasteiger partial charge in [-0.15, -0.1) is 5.10 Å². The van der Waals surface area contributed by atoms with Crippen LogP contribution in [0.5, 0.6) is 0 Å². The SMILES string of the molecule is CCCc1cc(-n2cnc(CN)n2)ncn1. The van der Waals surface area contributed by atoms with Gasteiger partial charge in [0.25, 0.3) is 0 Å². The molecule has 6 heteroatoms. The number of hydrogen-bond acceptors (Lipinski definition) is 5. The topological polar surface area (TPSA) is 82.5 Å². The average Bonchev–Trinajstić information content (AvgIpc) is 2.78. The smallest absolute Gasteiger partial charge is 0.164 e. The van der Waals surface area contributed by atoms with E-state index in [0.717, 1.165) is 24.4 Å². The summed E-state index contributed by atoms with van der Waals surface area (Å²) < 4.78 is 1.61. The highest BCUT2D eigenvalue weighted by Crippen LogP contribution is 2.05. The minimum Gasteiger partial charge on any atom is -0.324 e. The predicted octanol–water partition coefficient (Wildman–Crippen LogP) is 0.468. The summed E-state index contributed by atoms with van der Waals surface area (Å²) in [6, 6.07) is 1.92. The molecule has 0 aliphatic carbocycles. The molecule has 0 radical (unpaired) electrons. The van der Waals surface area contributed by atoms with Crippen LogP contribution in [-0.4, -0.2) is 24.7 Å². The fourth-order valence-electron chi connectivity index (χ4n) is 1.41. The molecule has 0 unspecified atom stereocenters. The Morgan fingerprint density at radius 2 is 2.19 bits per heavy atom. The zero-order valence-electron chi connectivity index (χ0n) is 9.17. The molecule has 2 N–H and O–H groups in total. The molecule has 2 aromatic heterocycles. The number of rotatable bonds is 4. The van der Waals surface area contributed by atoms with Crippen LogP contribution >= 0.6 is 0 Å². The predicted molar refractivity (Wildman–Crippen MR) is 58.8 cm³/mol. The molecular weight excluding hydrogens is 204 g/mol. The molecule has 0 aromatic carbocycles. The standard InChI is InChI=1S/C10H14N6/c1-2-3-8-4-10(13-6-12-8)16-7-14-9(5-11)15-16/h4,6-7H,2-3,5,11H2,1H3. The van der Waals surface area contributed by atoms with Crippen LogP contribution in [0.4, 0.5) is 0 Å². The van der Waals surface area contributed by atoms with Crippen LogP contribution in [0.1, 0.15) is 24.9 Å². The van der Waals surface area contributed by atoms with Gasteiger partial charge in [-0.2, -0.15) is 0 Å². The first-order valence-electron chi connectivity index (χ1n) is 5.25. The van der Waals surface area contributed by atoms with E-state index in [1.165, 1.54) is 0 Å². The maximum atomic E-state index is 5.45. The average molecular weight is 218 g/mol. The van der Waals surface area contributed by atoms with Crippen molar-refractivity contribution in [2.75, 3.05) is 0 Å². The van der Waals surface area contributed by atoms with Crippen molar-refractivity contribution < 1.29 is 0 Å². The molecule has 0 fully saturated rings. The van der Waals surface area contributed by atoms with Crippen molar-refractivity contribution >= 4 is 0 Å². The molecule has 0 bridgehead atoms. The van der Waals surface area contributed by atoms with E-state index in [1.54, 1.807) is 17.3 Å². The summed E-state index contributed by atoms with van der Waals surface area (Å²) in [7, 11) is 0. The summed E-state index contributed by atoms with van der Waals surface area (Å²) >= 11 is 0. The van der Waals surface area contributed by atoms with Gasteiger partial charge in [-0.1, -0.05) is 13.3 Å². The number of aromatic nitrogens is 5. The van der Waals surface area contributed by atoms with Gasteiger partial charge in [-0.25, -0.2) is 19.6 Å². The largest absolute Gasteiger partial charge is 0.324 e. The zero-order chi connectivity index (χ0) is 11.4. The summed E-state index contributed by atoms with van der Waals surface area (Å²) in [6.07, 6.45) is 5.15. The van der Waals surface area contributed by atoms with Crippen molar-refractivity contribution in [1.29, 1.82) is 0 Å². The van der Waals surface area contributed by atoms with Gasteiger partial charge in [0.2, 0.25) is 0 Å². The van der Waals surface area contributed by atoms with Gasteiger partial charge in [0.05, 0.1) is 6.54 Å². The summed E-state index contributed by atoms with van der Waals surface area (Å²) in [5, 5.41) is 4.19. The third kappa shape index (κ3) is 2.22. The fraction of sp³-hybridized carbons (Fsp3) is 0.400. The van der Waals surface area contributed by atoms with E-state index >= 15 is 0 Å². The third-order valence-electron chi connectivity index (χ3n) is 2.17. The van der Waals surface area contributed by atoms with Crippen LogP contribution in [0.3, 0.4) is 0 Å². The van der Waals surface area contributed by atoms with Gasteiger partial charge in [-0.05, 0) is 6.42 Å². The van der Waals surface area contributed by atoms with Gasteiger partial charge in [0, 0.05) is 11.8 Å². The first kappa shape index (κ1) is 10.7. The number of nitrogens with two attached hydrogens (primary N) is 1. The minimum absolute atomic E-state index is 0.333. The third-order valence-corrected chi connectivity index (χ3v) is 2.17. The van der Waals surface area contributed by atoms with Crippen LogP contribution in [0.2, 0.25) is 0 Å². The van der Waals surface area contributed by atoms with Crippen molar-refractivity contribution in [3.63, 3.8) is 0 Å². The van der Waals surface area contributed by atoms with Crippen LogP contribution in [0.15, 0.2) is 18.7 Å². The lowest BCUT2D eigenvalue weighted by molar-refractivity contribution is 0.790. The van der Waals surface area contributed by atoms with Gasteiger partial charge < -0.3 is 5.73 Å². The molecule has 0 aliphatic heterocycles. The summed E-state index contributed by atoms with van der Waals surface area (Å²) in [6.45, 7) is 2.45. The van der Waals surface area contributed by atoms with E-state index in [1.807, 2.05) is 6.07 Å². The molecule has 0 atom stereocenters. The van der Waals surface area contributed by atoms with Crippen molar-refractivity contribution in [3.05, 3.63) is 30.2 Å². The van der Waals surface area contributed by atoms with Crippen molar-refractivity contribution in [3.8, 4) is 5.82 Å². The molecule has 0 saturated heterocycles. The molecule has 0 saturated carbocycles. The summed E-state index contributed by atoms with van der Waals surface area (Å²) in [4.78, 5) is 12.4. The Kier molecular flexibility index (Phi) is 3.21. The van der Waals surface area contributed by atoms with Crippen LogP contribution in [-0.2, 0) is 13.0 Å². The molecule has 2 rings (SSSR count). The Morgan fingerprint density at radius 3 is 2.88 bits per heavy atom. The van der Waals surface area contributed by atoms with Gasteiger partial charge >= 0.3 is 0 Å². The van der Waals surface area contributed by atoms with Gasteiger partial charge in [0.15, 0.2) is 11.6 Å². The highest BCUT2D eigenvalue weighted by atomic mass is 15.4. The first-order chi connectivity index (χ1) is 7.83. The molecule has 0 amide bonds. The normalized spacial score (nSPS) is 10.6. The van der Waals surface area contributed by atoms with Gasteiger partial charge in [0.1, 0.15) is 12.7 Å². The van der Waals surface area contributed by atoms with E-state index in [9.17, 15) is 0 Å². The van der Waals surface area contributed by atoms with Crippen molar-refractivity contribution in [2.45, 2.75) is 26.3 Å².